The number of fused-ring (bicyclic) bond motifs is 1. The lowest BCUT2D eigenvalue weighted by atomic mass is 10.2. The fourth-order valence-electron chi connectivity index (χ4n) is 1.37. The standard InChI is InChI=1S/C9H8BrNO/c1-12-8-3-2-7-9(8)6(10)4-5-11-7/h3-5H,2H2,1H3. The number of rotatable bonds is 1. The maximum absolute atomic E-state index is 5.21. The van der Waals surface area contributed by atoms with E-state index in [0.717, 1.165) is 27.9 Å². The van der Waals surface area contributed by atoms with Gasteiger partial charge in [-0.25, -0.2) is 0 Å². The van der Waals surface area contributed by atoms with Crippen molar-refractivity contribution in [3.63, 3.8) is 0 Å². The summed E-state index contributed by atoms with van der Waals surface area (Å²) < 4.78 is 6.26. The van der Waals surface area contributed by atoms with E-state index in [1.165, 1.54) is 0 Å². The van der Waals surface area contributed by atoms with Gasteiger partial charge in [0, 0.05) is 17.1 Å². The number of hydrogen-bond donors (Lipinski definition) is 0. The van der Waals surface area contributed by atoms with E-state index < -0.39 is 0 Å². The van der Waals surface area contributed by atoms with Crippen LogP contribution in [-0.4, -0.2) is 12.1 Å². The third kappa shape index (κ3) is 1.05. The highest BCUT2D eigenvalue weighted by Crippen LogP contribution is 2.32. The Morgan fingerprint density at radius 2 is 2.42 bits per heavy atom. The number of hydrogen-bond acceptors (Lipinski definition) is 2. The SMILES string of the molecule is COC1=CCc2nccc(Br)c21. The van der Waals surface area contributed by atoms with E-state index >= 15 is 0 Å². The summed E-state index contributed by atoms with van der Waals surface area (Å²) in [6.45, 7) is 0. The fourth-order valence-corrected chi connectivity index (χ4v) is 1.91. The molecule has 12 heavy (non-hydrogen) atoms. The van der Waals surface area contributed by atoms with Gasteiger partial charge in [-0.2, -0.15) is 0 Å². The second kappa shape index (κ2) is 2.90. The van der Waals surface area contributed by atoms with Crippen LogP contribution in [0.4, 0.5) is 0 Å². The van der Waals surface area contributed by atoms with Gasteiger partial charge in [0.25, 0.3) is 0 Å². The van der Waals surface area contributed by atoms with Crippen LogP contribution in [0.15, 0.2) is 22.8 Å². The Morgan fingerprint density at radius 1 is 1.58 bits per heavy atom. The third-order valence-corrected chi connectivity index (χ3v) is 2.59. The van der Waals surface area contributed by atoms with Crippen LogP contribution in [-0.2, 0) is 11.2 Å². The maximum Gasteiger partial charge on any atom is 0.125 e. The molecule has 1 aromatic rings. The smallest absolute Gasteiger partial charge is 0.125 e. The minimum Gasteiger partial charge on any atom is -0.496 e. The molecule has 0 fully saturated rings. The van der Waals surface area contributed by atoms with Crippen LogP contribution in [0.1, 0.15) is 11.3 Å². The summed E-state index contributed by atoms with van der Waals surface area (Å²) in [7, 11) is 1.68. The predicted octanol–water partition coefficient (Wildman–Crippen LogP) is 2.39. The van der Waals surface area contributed by atoms with Gasteiger partial charge in [-0.15, -0.1) is 0 Å². The molecule has 0 N–H and O–H groups in total. The fraction of sp³-hybridized carbons (Fsp3) is 0.222. The number of halogens is 1. The van der Waals surface area contributed by atoms with Gasteiger partial charge in [0.2, 0.25) is 0 Å². The average molecular weight is 226 g/mol. The van der Waals surface area contributed by atoms with E-state index in [0.29, 0.717) is 0 Å². The molecule has 0 atom stereocenters. The number of nitrogens with zero attached hydrogens (tertiary/aromatic N) is 1. The lowest BCUT2D eigenvalue weighted by molar-refractivity contribution is 0.370. The average Bonchev–Trinajstić information content (AvgIpc) is 2.49. The topological polar surface area (TPSA) is 22.1 Å². The lowest BCUT2D eigenvalue weighted by Gasteiger charge is -2.04. The molecule has 1 aliphatic rings. The van der Waals surface area contributed by atoms with Crippen molar-refractivity contribution in [3.8, 4) is 0 Å². The van der Waals surface area contributed by atoms with E-state index in [4.69, 9.17) is 4.74 Å². The zero-order valence-corrected chi connectivity index (χ0v) is 8.26. The van der Waals surface area contributed by atoms with E-state index in [-0.39, 0.29) is 0 Å². The summed E-state index contributed by atoms with van der Waals surface area (Å²) >= 11 is 3.47. The van der Waals surface area contributed by atoms with E-state index in [2.05, 4.69) is 20.9 Å². The van der Waals surface area contributed by atoms with Gasteiger partial charge in [-0.1, -0.05) is 0 Å². The maximum atomic E-state index is 5.21. The van der Waals surface area contributed by atoms with Crippen molar-refractivity contribution >= 4 is 21.7 Å². The normalized spacial score (nSPS) is 14.0. The summed E-state index contributed by atoms with van der Waals surface area (Å²) in [6.07, 6.45) is 4.72. The Morgan fingerprint density at radius 3 is 3.17 bits per heavy atom. The van der Waals surface area contributed by atoms with Gasteiger partial charge in [0.1, 0.15) is 5.76 Å². The molecule has 0 saturated heterocycles. The van der Waals surface area contributed by atoms with Crippen molar-refractivity contribution < 1.29 is 4.74 Å². The monoisotopic (exact) mass is 225 g/mol. The molecule has 2 rings (SSSR count). The number of aromatic nitrogens is 1. The molecule has 62 valence electrons. The molecule has 0 aliphatic heterocycles. The predicted molar refractivity (Wildman–Crippen MR) is 50.6 cm³/mol. The van der Waals surface area contributed by atoms with Crippen molar-refractivity contribution in [1.82, 2.24) is 4.98 Å². The molecule has 1 aromatic heterocycles. The van der Waals surface area contributed by atoms with Gasteiger partial charge in [-0.3, -0.25) is 4.98 Å². The Hall–Kier alpha value is -0.830. The first kappa shape index (κ1) is 7.80. The van der Waals surface area contributed by atoms with Crippen LogP contribution in [0, 0.1) is 0 Å². The molecule has 0 radical (unpaired) electrons. The third-order valence-electron chi connectivity index (χ3n) is 1.93. The molecule has 2 nitrogen and oxygen atoms in total. The second-order valence-corrected chi connectivity index (χ2v) is 3.45. The van der Waals surface area contributed by atoms with Crippen LogP contribution in [0.2, 0.25) is 0 Å². The highest BCUT2D eigenvalue weighted by atomic mass is 79.9. The van der Waals surface area contributed by atoms with Crippen molar-refractivity contribution in [2.75, 3.05) is 7.11 Å². The van der Waals surface area contributed by atoms with Crippen LogP contribution in [0.25, 0.3) is 5.76 Å². The van der Waals surface area contributed by atoms with Gasteiger partial charge >= 0.3 is 0 Å². The first-order valence-corrected chi connectivity index (χ1v) is 4.50. The first-order chi connectivity index (χ1) is 5.83. The molecular formula is C9H8BrNO. The summed E-state index contributed by atoms with van der Waals surface area (Å²) in [4.78, 5) is 4.26. The quantitative estimate of drug-likeness (QED) is 0.733. The highest BCUT2D eigenvalue weighted by Gasteiger charge is 2.18. The van der Waals surface area contributed by atoms with E-state index in [1.54, 1.807) is 13.3 Å². The van der Waals surface area contributed by atoms with Gasteiger partial charge < -0.3 is 4.74 Å². The van der Waals surface area contributed by atoms with Crippen LogP contribution < -0.4 is 0 Å². The van der Waals surface area contributed by atoms with Crippen molar-refractivity contribution in [1.29, 1.82) is 0 Å². The van der Waals surface area contributed by atoms with Gasteiger partial charge in [-0.05, 0) is 28.1 Å². The zero-order chi connectivity index (χ0) is 8.55. The zero-order valence-electron chi connectivity index (χ0n) is 6.67. The van der Waals surface area contributed by atoms with Crippen LogP contribution in [0.5, 0.6) is 0 Å². The summed E-state index contributed by atoms with van der Waals surface area (Å²) in [5.41, 5.74) is 2.18. The Labute approximate surface area is 79.4 Å². The summed E-state index contributed by atoms with van der Waals surface area (Å²) in [6, 6.07) is 1.93. The lowest BCUT2D eigenvalue weighted by Crippen LogP contribution is -1.91. The van der Waals surface area contributed by atoms with Crippen molar-refractivity contribution in [2.24, 2.45) is 0 Å². The number of methoxy groups -OCH3 is 1. The Bertz CT molecular complexity index is 346. The molecule has 0 saturated carbocycles. The molecule has 1 aliphatic carbocycles. The first-order valence-electron chi connectivity index (χ1n) is 3.71. The highest BCUT2D eigenvalue weighted by molar-refractivity contribution is 9.10. The number of ether oxygens (including phenoxy) is 1. The molecule has 0 spiro atoms. The van der Waals surface area contributed by atoms with Crippen molar-refractivity contribution in [3.05, 3.63) is 34.1 Å². The Kier molecular flexibility index (Phi) is 1.89. The summed E-state index contributed by atoms with van der Waals surface area (Å²) in [5, 5.41) is 0. The van der Waals surface area contributed by atoms with E-state index in [9.17, 15) is 0 Å². The van der Waals surface area contributed by atoms with Gasteiger partial charge in [0.15, 0.2) is 0 Å². The van der Waals surface area contributed by atoms with E-state index in [1.807, 2.05) is 12.1 Å². The molecule has 0 amide bonds. The van der Waals surface area contributed by atoms with Crippen LogP contribution >= 0.6 is 15.9 Å². The Balaban J connectivity index is 2.57. The second-order valence-electron chi connectivity index (χ2n) is 2.59. The van der Waals surface area contributed by atoms with Crippen molar-refractivity contribution in [2.45, 2.75) is 6.42 Å². The van der Waals surface area contributed by atoms with Gasteiger partial charge in [0.05, 0.1) is 18.4 Å². The molecule has 0 bridgehead atoms. The van der Waals surface area contributed by atoms with Crippen LogP contribution in [0.3, 0.4) is 0 Å². The molecule has 1 heterocycles. The number of allylic oxidation sites excluding steroid dienone is 1. The molecule has 0 aromatic carbocycles. The molecule has 3 heteroatoms. The molecular weight excluding hydrogens is 218 g/mol. The minimum absolute atomic E-state index is 0.873. The largest absolute Gasteiger partial charge is 0.496 e. The molecule has 0 unspecified atom stereocenters. The minimum atomic E-state index is 0.873. The number of pyridine rings is 1. The summed E-state index contributed by atoms with van der Waals surface area (Å²) in [5.74, 6) is 0.921.